The maximum Gasteiger partial charge on any atom is 0.248 e. The molecule has 0 radical (unpaired) electrons. The summed E-state index contributed by atoms with van der Waals surface area (Å²) in [6.07, 6.45) is -0.0865. The fraction of sp³-hybridized carbons (Fsp3) is 0.471. The molecule has 10 heteroatoms. The lowest BCUT2D eigenvalue weighted by atomic mass is 9.82. The lowest BCUT2D eigenvalue weighted by molar-refractivity contribution is -0.133. The van der Waals surface area contributed by atoms with E-state index in [4.69, 9.17) is 21.1 Å². The summed E-state index contributed by atoms with van der Waals surface area (Å²) >= 11 is 5.86. The second-order valence-electron chi connectivity index (χ2n) is 6.91. The van der Waals surface area contributed by atoms with E-state index < -0.39 is 27.6 Å². The fourth-order valence-corrected chi connectivity index (χ4v) is 4.21. The van der Waals surface area contributed by atoms with E-state index in [0.29, 0.717) is 11.3 Å². The van der Waals surface area contributed by atoms with Gasteiger partial charge in [-0.3, -0.25) is 0 Å². The van der Waals surface area contributed by atoms with Crippen LogP contribution in [0.15, 0.2) is 23.2 Å². The van der Waals surface area contributed by atoms with Crippen LogP contribution in [0.1, 0.15) is 36.0 Å². The molecule has 0 aliphatic heterocycles. The van der Waals surface area contributed by atoms with Crippen LogP contribution in [-0.4, -0.2) is 33.0 Å². The van der Waals surface area contributed by atoms with Crippen molar-refractivity contribution in [1.29, 1.82) is 4.78 Å². The van der Waals surface area contributed by atoms with E-state index in [1.165, 1.54) is 24.5 Å². The van der Waals surface area contributed by atoms with Crippen molar-refractivity contribution in [2.24, 2.45) is 5.92 Å². The Hall–Kier alpha value is -1.58. The second kappa shape index (κ2) is 7.10. The number of imidazole rings is 1. The molecule has 3 rings (SSSR count). The molecule has 148 valence electrons. The largest absolute Gasteiger partial charge is 0.365 e. The molecule has 0 amide bonds. The molecular formula is C17H19ClF3N3O2S. The molecule has 1 heterocycles. The number of hydrogen-bond donors (Lipinski definition) is 2. The number of benzene rings is 1. The van der Waals surface area contributed by atoms with Crippen LogP contribution in [0.5, 0.6) is 0 Å². The Morgan fingerprint density at radius 3 is 2.67 bits per heavy atom. The monoisotopic (exact) mass is 421 g/mol. The Morgan fingerprint density at radius 1 is 1.48 bits per heavy atom. The van der Waals surface area contributed by atoms with Gasteiger partial charge < -0.3 is 9.72 Å². The van der Waals surface area contributed by atoms with E-state index in [2.05, 4.69) is 9.97 Å². The molecule has 1 fully saturated rings. The van der Waals surface area contributed by atoms with Crippen molar-refractivity contribution in [3.63, 3.8) is 0 Å². The summed E-state index contributed by atoms with van der Waals surface area (Å²) in [6.45, 7) is 1.69. The lowest BCUT2D eigenvalue weighted by Crippen LogP contribution is -2.38. The molecule has 2 aromatic rings. The lowest BCUT2D eigenvalue weighted by Gasteiger charge is -2.35. The zero-order chi connectivity index (χ0) is 20.0. The van der Waals surface area contributed by atoms with Gasteiger partial charge in [0.25, 0.3) is 0 Å². The number of ether oxygens (including phenoxy) is 1. The number of aryl methyl sites for hydroxylation is 1. The quantitative estimate of drug-likeness (QED) is 0.709. The number of hydrogen-bond acceptors (Lipinski definition) is 4. The first-order valence-electron chi connectivity index (χ1n) is 8.21. The molecule has 0 saturated heterocycles. The highest BCUT2D eigenvalue weighted by Crippen LogP contribution is 2.43. The van der Waals surface area contributed by atoms with Crippen LogP contribution in [0, 0.1) is 23.4 Å². The minimum Gasteiger partial charge on any atom is -0.365 e. The summed E-state index contributed by atoms with van der Waals surface area (Å²) < 4.78 is 65.3. The topological polar surface area (TPSA) is 78.8 Å². The average molecular weight is 422 g/mol. The first-order valence-corrected chi connectivity index (χ1v) is 10.6. The van der Waals surface area contributed by atoms with Crippen LogP contribution in [0.3, 0.4) is 0 Å². The van der Waals surface area contributed by atoms with Crippen LogP contribution in [0.25, 0.3) is 0 Å². The van der Waals surface area contributed by atoms with E-state index in [-0.39, 0.29) is 41.2 Å². The highest BCUT2D eigenvalue weighted by atomic mass is 35.5. The highest BCUT2D eigenvalue weighted by molar-refractivity contribution is 7.91. The van der Waals surface area contributed by atoms with Crippen LogP contribution in [-0.2, 0) is 14.5 Å². The summed E-state index contributed by atoms with van der Waals surface area (Å²) in [5, 5.41) is -0.0194. The number of H-pyrrole nitrogens is 1. The van der Waals surface area contributed by atoms with Gasteiger partial charge in [0.2, 0.25) is 5.92 Å². The average Bonchev–Trinajstić information content (AvgIpc) is 2.91. The van der Waals surface area contributed by atoms with Gasteiger partial charge in [-0.05, 0) is 30.5 Å². The molecule has 1 aromatic heterocycles. The molecule has 1 aliphatic rings. The summed E-state index contributed by atoms with van der Waals surface area (Å²) in [5.74, 6) is -3.29. The molecule has 2 atom stereocenters. The van der Waals surface area contributed by atoms with Gasteiger partial charge in [0.1, 0.15) is 17.7 Å². The molecule has 27 heavy (non-hydrogen) atoms. The van der Waals surface area contributed by atoms with Crippen LogP contribution in [0.4, 0.5) is 13.2 Å². The number of aromatic amines is 1. The van der Waals surface area contributed by atoms with Gasteiger partial charge in [-0.25, -0.2) is 27.1 Å². The van der Waals surface area contributed by atoms with Crippen LogP contribution < -0.4 is 0 Å². The van der Waals surface area contributed by atoms with Crippen molar-refractivity contribution >= 4 is 21.3 Å². The van der Waals surface area contributed by atoms with Gasteiger partial charge in [0.05, 0.1) is 21.4 Å². The van der Waals surface area contributed by atoms with Crippen LogP contribution in [0.2, 0.25) is 5.02 Å². The Kier molecular flexibility index (Phi) is 5.31. The number of nitrogens with zero attached hydrogens (tertiary/aromatic N) is 1. The van der Waals surface area contributed by atoms with Gasteiger partial charge in [0, 0.05) is 24.8 Å². The zero-order valence-electron chi connectivity index (χ0n) is 14.7. The summed E-state index contributed by atoms with van der Waals surface area (Å²) in [7, 11) is -3.07. The highest BCUT2D eigenvalue weighted by Gasteiger charge is 2.45. The van der Waals surface area contributed by atoms with Crippen LogP contribution >= 0.6 is 11.6 Å². The number of halogens is 4. The van der Waals surface area contributed by atoms with Gasteiger partial charge >= 0.3 is 0 Å². The number of nitrogens with one attached hydrogen (secondary N) is 2. The molecule has 0 bridgehead atoms. The Balaban J connectivity index is 1.91. The van der Waals surface area contributed by atoms with Crippen molar-refractivity contribution in [3.8, 4) is 0 Å². The van der Waals surface area contributed by atoms with E-state index in [0.717, 1.165) is 0 Å². The third-order valence-electron chi connectivity index (χ3n) is 4.40. The van der Waals surface area contributed by atoms with E-state index >= 15 is 0 Å². The normalized spacial score (nSPS) is 20.1. The Morgan fingerprint density at radius 2 is 2.15 bits per heavy atom. The molecule has 1 saturated carbocycles. The first-order chi connectivity index (χ1) is 12.5. The van der Waals surface area contributed by atoms with E-state index in [9.17, 15) is 17.4 Å². The van der Waals surface area contributed by atoms with Crippen molar-refractivity contribution < 1.29 is 22.1 Å². The minimum absolute atomic E-state index is 0.0622. The van der Waals surface area contributed by atoms with Crippen molar-refractivity contribution in [1.82, 2.24) is 9.97 Å². The predicted octanol–water partition coefficient (Wildman–Crippen LogP) is 4.70. The third-order valence-corrected chi connectivity index (χ3v) is 5.82. The summed E-state index contributed by atoms with van der Waals surface area (Å²) in [6, 6.07) is 4.01. The third kappa shape index (κ3) is 4.47. The van der Waals surface area contributed by atoms with Gasteiger partial charge in [-0.1, -0.05) is 17.7 Å². The molecule has 5 nitrogen and oxygen atoms in total. The van der Waals surface area contributed by atoms with Gasteiger partial charge in [-0.15, -0.1) is 0 Å². The van der Waals surface area contributed by atoms with Crippen molar-refractivity contribution in [2.75, 3.05) is 12.9 Å². The fourth-order valence-electron chi connectivity index (χ4n) is 3.11. The molecule has 2 N–H and O–H groups in total. The van der Waals surface area contributed by atoms with E-state index in [1.54, 1.807) is 6.92 Å². The minimum atomic E-state index is -3.07. The van der Waals surface area contributed by atoms with E-state index in [1.807, 2.05) is 0 Å². The maximum atomic E-state index is 13.5. The number of rotatable bonds is 6. The maximum absolute atomic E-state index is 13.5. The van der Waals surface area contributed by atoms with Crippen molar-refractivity contribution in [3.05, 3.63) is 46.1 Å². The SMILES string of the molecule is Cc1[nH]c([C@@H](OCC2CC(F)(F)C2)c2ccc(F)c(Cl)c2)nc1[S@](C)(=N)=O. The molecular weight excluding hydrogens is 403 g/mol. The predicted molar refractivity (Wildman–Crippen MR) is 95.3 cm³/mol. The second-order valence-corrected chi connectivity index (χ2v) is 9.39. The molecule has 0 spiro atoms. The Bertz CT molecular complexity index is 954. The first kappa shape index (κ1) is 20.2. The number of alkyl halides is 2. The standard InChI is InChI=1S/C17H19ClF3N3O2S/c1-9-16(27(2,22)25)24-15(23-9)14(11-3-4-13(19)12(18)5-11)26-8-10-6-17(20,21)7-10/h3-5,10,14,22H,6-8H2,1-2H3,(H,23,24)/t14-,27+/m0/s1. The van der Waals surface area contributed by atoms with Crippen molar-refractivity contribution in [2.45, 2.75) is 36.8 Å². The molecule has 1 aromatic carbocycles. The van der Waals surface area contributed by atoms with Gasteiger partial charge in [0.15, 0.2) is 5.03 Å². The zero-order valence-corrected chi connectivity index (χ0v) is 16.3. The smallest absolute Gasteiger partial charge is 0.248 e. The molecule has 0 unspecified atom stereocenters. The molecule has 1 aliphatic carbocycles. The number of aromatic nitrogens is 2. The summed E-state index contributed by atoms with van der Waals surface area (Å²) in [5.41, 5.74) is 0.921. The Labute approximate surface area is 160 Å². The van der Waals surface area contributed by atoms with Gasteiger partial charge in [-0.2, -0.15) is 0 Å². The summed E-state index contributed by atoms with van der Waals surface area (Å²) in [4.78, 5) is 7.17.